The van der Waals surface area contributed by atoms with Gasteiger partial charge in [-0.1, -0.05) is 40.8 Å². The SMILES string of the molecule is O=S1C2C=C[C@@]1(I)[C@H]1C=C(I)S[C@@H]21. The summed E-state index contributed by atoms with van der Waals surface area (Å²) in [6.07, 6.45) is 6.60. The third-order valence-corrected chi connectivity index (χ3v) is 9.63. The largest absolute Gasteiger partial charge is 0.257 e. The van der Waals surface area contributed by atoms with E-state index in [2.05, 4.69) is 63.4 Å². The smallest absolute Gasteiger partial charge is 0.123 e. The first-order valence-corrected chi connectivity index (χ1v) is 8.21. The summed E-state index contributed by atoms with van der Waals surface area (Å²) in [5.74, 6) is 0.501. The number of halogens is 2. The van der Waals surface area contributed by atoms with E-state index < -0.39 is 10.8 Å². The number of rotatable bonds is 0. The minimum absolute atomic E-state index is 0.0903. The Morgan fingerprint density at radius 1 is 1.62 bits per heavy atom. The molecule has 1 fully saturated rings. The Hall–Kier alpha value is 1.44. The molecular formula is C8H6I2OS2. The predicted octanol–water partition coefficient (Wildman–Crippen LogP) is 2.83. The van der Waals surface area contributed by atoms with Crippen LogP contribution >= 0.6 is 56.9 Å². The first kappa shape index (κ1) is 9.65. The van der Waals surface area contributed by atoms with Crippen molar-refractivity contribution in [2.24, 2.45) is 5.92 Å². The maximum absolute atomic E-state index is 12.0. The Morgan fingerprint density at radius 2 is 2.38 bits per heavy atom. The van der Waals surface area contributed by atoms with Gasteiger partial charge in [0.15, 0.2) is 0 Å². The average Bonchev–Trinajstić information content (AvgIpc) is 2.62. The summed E-state index contributed by atoms with van der Waals surface area (Å²) in [7, 11) is -0.684. The van der Waals surface area contributed by atoms with Gasteiger partial charge in [-0.25, -0.2) is 0 Å². The summed E-state index contributed by atoms with van der Waals surface area (Å²) in [4.78, 5) is 0. The van der Waals surface area contributed by atoms with Crippen LogP contribution in [-0.2, 0) is 10.8 Å². The van der Waals surface area contributed by atoms with Gasteiger partial charge in [-0.3, -0.25) is 4.21 Å². The summed E-state index contributed by atoms with van der Waals surface area (Å²) in [6, 6.07) is 0. The molecule has 3 heterocycles. The molecule has 1 nitrogen and oxygen atoms in total. The molecule has 0 aliphatic carbocycles. The molecule has 0 spiro atoms. The lowest BCUT2D eigenvalue weighted by molar-refractivity contribution is 0.652. The molecule has 2 unspecified atom stereocenters. The van der Waals surface area contributed by atoms with Crippen molar-refractivity contribution in [2.45, 2.75) is 13.3 Å². The van der Waals surface area contributed by atoms with Crippen LogP contribution in [0.25, 0.3) is 0 Å². The summed E-state index contributed by atoms with van der Waals surface area (Å²) in [5.41, 5.74) is 0. The van der Waals surface area contributed by atoms with Crippen LogP contribution in [0.4, 0.5) is 0 Å². The Balaban J connectivity index is 2.13. The zero-order valence-electron chi connectivity index (χ0n) is 6.44. The van der Waals surface area contributed by atoms with Crippen LogP contribution in [0.2, 0.25) is 0 Å². The molecule has 13 heavy (non-hydrogen) atoms. The third kappa shape index (κ3) is 1.13. The monoisotopic (exact) mass is 436 g/mol. The van der Waals surface area contributed by atoms with Gasteiger partial charge in [0.05, 0.1) is 5.25 Å². The van der Waals surface area contributed by atoms with E-state index >= 15 is 0 Å². The Morgan fingerprint density at radius 3 is 3.08 bits per heavy atom. The second kappa shape index (κ2) is 2.98. The highest BCUT2D eigenvalue weighted by Crippen LogP contribution is 2.60. The lowest BCUT2D eigenvalue weighted by Crippen LogP contribution is -2.27. The summed E-state index contributed by atoms with van der Waals surface area (Å²) in [5, 5.41) is 0.852. The zero-order valence-corrected chi connectivity index (χ0v) is 12.4. The Labute approximate surface area is 111 Å². The van der Waals surface area contributed by atoms with Crippen molar-refractivity contribution >= 4 is 67.7 Å². The van der Waals surface area contributed by atoms with Crippen LogP contribution in [0, 0.1) is 5.92 Å². The van der Waals surface area contributed by atoms with Crippen molar-refractivity contribution in [1.82, 2.24) is 0 Å². The van der Waals surface area contributed by atoms with E-state index in [9.17, 15) is 4.21 Å². The van der Waals surface area contributed by atoms with E-state index in [0.717, 1.165) is 0 Å². The summed E-state index contributed by atoms with van der Waals surface area (Å²) >= 11 is 6.65. The van der Waals surface area contributed by atoms with Crippen LogP contribution < -0.4 is 0 Å². The van der Waals surface area contributed by atoms with E-state index in [1.54, 1.807) is 0 Å². The van der Waals surface area contributed by atoms with Crippen molar-refractivity contribution in [3.05, 3.63) is 21.1 Å². The molecule has 3 aliphatic heterocycles. The Kier molecular flexibility index (Phi) is 2.21. The van der Waals surface area contributed by atoms with E-state index in [1.165, 1.54) is 2.91 Å². The second-order valence-electron chi connectivity index (χ2n) is 3.40. The molecule has 0 N–H and O–H groups in total. The minimum atomic E-state index is -0.684. The predicted molar refractivity (Wildman–Crippen MR) is 74.8 cm³/mol. The number of allylic oxidation sites excluding steroid dienone is 1. The molecule has 0 aromatic heterocycles. The molecule has 70 valence electrons. The number of fused-ring (bicyclic) bond motifs is 5. The molecule has 3 rings (SSSR count). The second-order valence-corrected chi connectivity index (χ2v) is 10.8. The van der Waals surface area contributed by atoms with Crippen molar-refractivity contribution < 1.29 is 4.21 Å². The quantitative estimate of drug-likeness (QED) is 0.330. The fourth-order valence-electron chi connectivity index (χ4n) is 2.14. The van der Waals surface area contributed by atoms with E-state index in [-0.39, 0.29) is 2.75 Å². The van der Waals surface area contributed by atoms with Crippen LogP contribution in [0.5, 0.6) is 0 Å². The van der Waals surface area contributed by atoms with Crippen LogP contribution in [0.3, 0.4) is 0 Å². The molecule has 5 heteroatoms. The van der Waals surface area contributed by atoms with Gasteiger partial charge in [-0.05, 0) is 22.6 Å². The molecular weight excluding hydrogens is 430 g/mol. The van der Waals surface area contributed by atoms with Crippen LogP contribution in [-0.4, -0.2) is 17.5 Å². The van der Waals surface area contributed by atoms with Gasteiger partial charge < -0.3 is 0 Å². The van der Waals surface area contributed by atoms with Crippen molar-refractivity contribution in [2.75, 3.05) is 0 Å². The van der Waals surface area contributed by atoms with Gasteiger partial charge in [-0.15, -0.1) is 11.8 Å². The zero-order chi connectivity index (χ0) is 9.22. The maximum Gasteiger partial charge on any atom is 0.123 e. The number of hydrogen-bond donors (Lipinski definition) is 0. The summed E-state index contributed by atoms with van der Waals surface area (Å²) < 4.78 is 13.3. The fraction of sp³-hybridized carbons (Fsp3) is 0.500. The van der Waals surface area contributed by atoms with Gasteiger partial charge in [0.1, 0.15) is 2.75 Å². The van der Waals surface area contributed by atoms with Gasteiger partial charge in [-0.2, -0.15) is 0 Å². The molecule has 2 bridgehead atoms. The standard InChI is InChI=1S/C8H6I2OS2/c9-6-3-4-7(12-6)5-1-2-8(4,10)13(5)11/h1-5,7H/t4-,5?,7+,8-,13?/m0/s1. The Bertz CT molecular complexity index is 365. The minimum Gasteiger partial charge on any atom is -0.257 e. The van der Waals surface area contributed by atoms with Crippen molar-refractivity contribution in [1.29, 1.82) is 0 Å². The van der Waals surface area contributed by atoms with Crippen molar-refractivity contribution in [3.8, 4) is 0 Å². The molecule has 0 aromatic rings. The maximum atomic E-state index is 12.0. The van der Waals surface area contributed by atoms with E-state index in [1.807, 2.05) is 11.8 Å². The summed E-state index contributed by atoms with van der Waals surface area (Å²) in [6.45, 7) is 0. The first-order valence-electron chi connectivity index (χ1n) is 3.96. The van der Waals surface area contributed by atoms with Crippen molar-refractivity contribution in [3.63, 3.8) is 0 Å². The highest BCUT2D eigenvalue weighted by molar-refractivity contribution is 14.1. The fourth-order valence-corrected chi connectivity index (χ4v) is 8.76. The molecule has 3 aliphatic rings. The molecule has 0 saturated carbocycles. The highest BCUT2D eigenvalue weighted by atomic mass is 127. The molecule has 0 aromatic carbocycles. The highest BCUT2D eigenvalue weighted by Gasteiger charge is 2.60. The van der Waals surface area contributed by atoms with Gasteiger partial charge >= 0.3 is 0 Å². The number of thioether (sulfide) groups is 1. The van der Waals surface area contributed by atoms with E-state index in [0.29, 0.717) is 16.4 Å². The number of hydrogen-bond acceptors (Lipinski definition) is 2. The third-order valence-electron chi connectivity index (χ3n) is 2.76. The van der Waals surface area contributed by atoms with E-state index in [4.69, 9.17) is 0 Å². The molecule has 1 saturated heterocycles. The number of alkyl halides is 1. The molecule has 0 amide bonds. The molecule has 5 atom stereocenters. The lowest BCUT2D eigenvalue weighted by atomic mass is 9.94. The lowest BCUT2D eigenvalue weighted by Gasteiger charge is -2.22. The average molecular weight is 436 g/mol. The van der Waals surface area contributed by atoms with Crippen LogP contribution in [0.15, 0.2) is 21.1 Å². The van der Waals surface area contributed by atoms with Gasteiger partial charge in [0.2, 0.25) is 0 Å². The first-order chi connectivity index (χ1) is 6.13. The van der Waals surface area contributed by atoms with Crippen LogP contribution in [0.1, 0.15) is 0 Å². The van der Waals surface area contributed by atoms with Gasteiger partial charge in [0, 0.05) is 24.9 Å². The molecule has 0 radical (unpaired) electrons. The normalized spacial score (nSPS) is 56.9. The van der Waals surface area contributed by atoms with Gasteiger partial charge in [0.25, 0.3) is 0 Å². The topological polar surface area (TPSA) is 17.1 Å².